The van der Waals surface area contributed by atoms with Crippen LogP contribution >= 0.6 is 0 Å². The van der Waals surface area contributed by atoms with Crippen molar-refractivity contribution in [3.8, 4) is 0 Å². The molecule has 0 saturated heterocycles. The average Bonchev–Trinajstić information content (AvgIpc) is 3.02. The van der Waals surface area contributed by atoms with Gasteiger partial charge in [0.1, 0.15) is 11.2 Å². The molecule has 0 amide bonds. The van der Waals surface area contributed by atoms with Crippen LogP contribution < -0.4 is 5.32 Å². The van der Waals surface area contributed by atoms with Crippen LogP contribution in [0.1, 0.15) is 0 Å². The maximum atomic E-state index is 6.14. The lowest BCUT2D eigenvalue weighted by atomic mass is 10.0. The predicted octanol–water partition coefficient (Wildman–Crippen LogP) is 6.48. The topological polar surface area (TPSA) is 25.2 Å². The van der Waals surface area contributed by atoms with E-state index in [2.05, 4.69) is 59.9 Å². The summed E-state index contributed by atoms with van der Waals surface area (Å²) in [6, 6.07) is 29.0. The van der Waals surface area contributed by atoms with Gasteiger partial charge in [0.2, 0.25) is 0 Å². The summed E-state index contributed by atoms with van der Waals surface area (Å²) in [6.07, 6.45) is 0. The van der Waals surface area contributed by atoms with Gasteiger partial charge >= 0.3 is 0 Å². The second-order valence-electron chi connectivity index (χ2n) is 5.93. The van der Waals surface area contributed by atoms with E-state index in [0.717, 1.165) is 44.1 Å². The molecule has 0 aliphatic carbocycles. The van der Waals surface area contributed by atoms with Crippen LogP contribution in [-0.4, -0.2) is 0 Å². The first-order valence-corrected chi connectivity index (χ1v) is 8.05. The standard InChI is InChI=1S/C22H15NO/c1-2-7-15(8-3-1)23-20-11-6-10-18-16(20)13-14-19-17-9-4-5-12-21(17)24-22(18)19/h1-14,23H. The van der Waals surface area contributed by atoms with E-state index in [1.54, 1.807) is 0 Å². The number of nitrogens with one attached hydrogen (secondary N) is 1. The van der Waals surface area contributed by atoms with Crippen molar-refractivity contribution in [1.82, 2.24) is 0 Å². The highest BCUT2D eigenvalue weighted by Crippen LogP contribution is 2.36. The van der Waals surface area contributed by atoms with E-state index in [1.807, 2.05) is 30.3 Å². The van der Waals surface area contributed by atoms with Gasteiger partial charge in [0.15, 0.2) is 0 Å². The number of rotatable bonds is 2. The summed E-state index contributed by atoms with van der Waals surface area (Å²) < 4.78 is 6.14. The number of hydrogen-bond acceptors (Lipinski definition) is 2. The van der Waals surface area contributed by atoms with Gasteiger partial charge < -0.3 is 9.73 Å². The Hall–Kier alpha value is -3.26. The summed E-state index contributed by atoms with van der Waals surface area (Å²) in [4.78, 5) is 0. The molecule has 0 spiro atoms. The SMILES string of the molecule is c1ccc(Nc2cccc3c2ccc2c4ccccc4oc32)cc1. The summed E-state index contributed by atoms with van der Waals surface area (Å²) in [5.41, 5.74) is 4.04. The van der Waals surface area contributed by atoms with Gasteiger partial charge in [-0.15, -0.1) is 0 Å². The second-order valence-corrected chi connectivity index (χ2v) is 5.93. The lowest BCUT2D eigenvalue weighted by Gasteiger charge is -2.10. The number of anilines is 2. The fourth-order valence-electron chi connectivity index (χ4n) is 3.33. The van der Waals surface area contributed by atoms with E-state index in [4.69, 9.17) is 4.42 Å². The molecule has 0 saturated carbocycles. The molecule has 0 radical (unpaired) electrons. The van der Waals surface area contributed by atoms with Crippen LogP contribution in [-0.2, 0) is 0 Å². The molecule has 0 fully saturated rings. The van der Waals surface area contributed by atoms with Gasteiger partial charge in [-0.2, -0.15) is 0 Å². The zero-order valence-corrected chi connectivity index (χ0v) is 13.0. The van der Waals surface area contributed by atoms with Gasteiger partial charge in [0, 0.05) is 32.9 Å². The smallest absolute Gasteiger partial charge is 0.143 e. The van der Waals surface area contributed by atoms with Crippen LogP contribution in [0.5, 0.6) is 0 Å². The van der Waals surface area contributed by atoms with Crippen molar-refractivity contribution in [2.45, 2.75) is 0 Å². The van der Waals surface area contributed by atoms with Gasteiger partial charge in [-0.3, -0.25) is 0 Å². The minimum absolute atomic E-state index is 0.932. The maximum absolute atomic E-state index is 6.14. The molecule has 0 aliphatic rings. The van der Waals surface area contributed by atoms with Crippen molar-refractivity contribution in [3.63, 3.8) is 0 Å². The Bertz CT molecular complexity index is 1170. The van der Waals surface area contributed by atoms with Crippen LogP contribution in [0.2, 0.25) is 0 Å². The zero-order valence-electron chi connectivity index (χ0n) is 13.0. The summed E-state index contributed by atoms with van der Waals surface area (Å²) >= 11 is 0. The largest absolute Gasteiger partial charge is 0.455 e. The first kappa shape index (κ1) is 13.2. The molecule has 5 aromatic rings. The monoisotopic (exact) mass is 309 g/mol. The van der Waals surface area contributed by atoms with E-state index in [1.165, 1.54) is 0 Å². The number of benzene rings is 4. The lowest BCUT2D eigenvalue weighted by Crippen LogP contribution is -1.90. The van der Waals surface area contributed by atoms with Crippen molar-refractivity contribution in [2.24, 2.45) is 0 Å². The molecule has 2 heteroatoms. The van der Waals surface area contributed by atoms with Crippen molar-refractivity contribution >= 4 is 44.1 Å². The Morgan fingerprint density at radius 3 is 2.17 bits per heavy atom. The maximum Gasteiger partial charge on any atom is 0.143 e. The molecule has 4 aromatic carbocycles. The van der Waals surface area contributed by atoms with Crippen LogP contribution in [0.4, 0.5) is 11.4 Å². The Labute approximate surface area is 139 Å². The molecule has 114 valence electrons. The van der Waals surface area contributed by atoms with E-state index in [9.17, 15) is 0 Å². The molecule has 0 aliphatic heterocycles. The van der Waals surface area contributed by atoms with Gasteiger partial charge in [0.05, 0.1) is 0 Å². The second kappa shape index (κ2) is 5.14. The van der Waals surface area contributed by atoms with E-state index >= 15 is 0 Å². The third kappa shape index (κ3) is 1.97. The van der Waals surface area contributed by atoms with Gasteiger partial charge in [-0.1, -0.05) is 54.6 Å². The molecule has 1 heterocycles. The van der Waals surface area contributed by atoms with E-state index in [-0.39, 0.29) is 0 Å². The Kier molecular flexibility index (Phi) is 2.83. The molecule has 5 rings (SSSR count). The molecule has 0 unspecified atom stereocenters. The van der Waals surface area contributed by atoms with Crippen molar-refractivity contribution < 1.29 is 4.42 Å². The minimum Gasteiger partial charge on any atom is -0.455 e. The first-order chi connectivity index (χ1) is 11.9. The summed E-state index contributed by atoms with van der Waals surface area (Å²) in [7, 11) is 0. The highest BCUT2D eigenvalue weighted by molar-refractivity contribution is 6.17. The number of fused-ring (bicyclic) bond motifs is 5. The Morgan fingerprint density at radius 2 is 1.25 bits per heavy atom. The first-order valence-electron chi connectivity index (χ1n) is 8.05. The highest BCUT2D eigenvalue weighted by Gasteiger charge is 2.11. The lowest BCUT2D eigenvalue weighted by molar-refractivity contribution is 0.672. The summed E-state index contributed by atoms with van der Waals surface area (Å²) in [5, 5.41) is 8.12. The Morgan fingerprint density at radius 1 is 0.542 bits per heavy atom. The molecule has 1 aromatic heterocycles. The number of para-hydroxylation sites is 2. The zero-order chi connectivity index (χ0) is 15.9. The quantitative estimate of drug-likeness (QED) is 0.403. The Balaban J connectivity index is 1.77. The van der Waals surface area contributed by atoms with Crippen molar-refractivity contribution in [1.29, 1.82) is 0 Å². The van der Waals surface area contributed by atoms with E-state index < -0.39 is 0 Å². The van der Waals surface area contributed by atoms with Crippen molar-refractivity contribution in [3.05, 3.63) is 84.9 Å². The molecule has 0 atom stereocenters. The summed E-state index contributed by atoms with van der Waals surface area (Å²) in [6.45, 7) is 0. The third-order valence-corrected chi connectivity index (χ3v) is 4.45. The minimum atomic E-state index is 0.932. The average molecular weight is 309 g/mol. The van der Waals surface area contributed by atoms with Crippen LogP contribution in [0.3, 0.4) is 0 Å². The third-order valence-electron chi connectivity index (χ3n) is 4.45. The molecular formula is C22H15NO. The van der Waals surface area contributed by atoms with Gasteiger partial charge in [-0.25, -0.2) is 0 Å². The van der Waals surface area contributed by atoms with Gasteiger partial charge in [-0.05, 0) is 30.3 Å². The normalized spacial score (nSPS) is 11.3. The van der Waals surface area contributed by atoms with Crippen LogP contribution in [0, 0.1) is 0 Å². The number of hydrogen-bond donors (Lipinski definition) is 1. The van der Waals surface area contributed by atoms with Crippen molar-refractivity contribution in [2.75, 3.05) is 5.32 Å². The highest BCUT2D eigenvalue weighted by atomic mass is 16.3. The van der Waals surface area contributed by atoms with Gasteiger partial charge in [0.25, 0.3) is 0 Å². The fraction of sp³-hybridized carbons (Fsp3) is 0. The molecule has 1 N–H and O–H groups in total. The fourth-order valence-corrected chi connectivity index (χ4v) is 3.33. The van der Waals surface area contributed by atoms with Crippen LogP contribution in [0.25, 0.3) is 32.7 Å². The predicted molar refractivity (Wildman–Crippen MR) is 101 cm³/mol. The number of furan rings is 1. The van der Waals surface area contributed by atoms with E-state index in [0.29, 0.717) is 0 Å². The molecule has 2 nitrogen and oxygen atoms in total. The molecule has 24 heavy (non-hydrogen) atoms. The molecule has 0 bridgehead atoms. The summed E-state index contributed by atoms with van der Waals surface area (Å²) in [5.74, 6) is 0. The van der Waals surface area contributed by atoms with Crippen LogP contribution in [0.15, 0.2) is 89.3 Å². The molecular weight excluding hydrogens is 294 g/mol.